The fourth-order valence-electron chi connectivity index (χ4n) is 5.06. The first-order valence-electron chi connectivity index (χ1n) is 11.5. The van der Waals surface area contributed by atoms with Crippen molar-refractivity contribution in [3.63, 3.8) is 0 Å². The van der Waals surface area contributed by atoms with Crippen LogP contribution in [-0.2, 0) is 0 Å². The maximum Gasteiger partial charge on any atom is 0.322 e. The van der Waals surface area contributed by atoms with Crippen LogP contribution in [0, 0.1) is 5.92 Å². The smallest absolute Gasteiger partial charge is 0.322 e. The molecule has 2 aromatic carbocycles. The molecule has 6 nitrogen and oxygen atoms in total. The number of hydrogen-bond donors (Lipinski definition) is 1. The molecule has 5 rings (SSSR count). The van der Waals surface area contributed by atoms with E-state index in [1.54, 1.807) is 0 Å². The van der Waals surface area contributed by atoms with Gasteiger partial charge in [0.05, 0.1) is 0 Å². The Labute approximate surface area is 183 Å². The Hall–Kier alpha value is -3.02. The molecule has 0 unspecified atom stereocenters. The van der Waals surface area contributed by atoms with Crippen LogP contribution < -0.4 is 10.2 Å². The molecule has 3 heterocycles. The minimum atomic E-state index is 0.0412. The second-order valence-corrected chi connectivity index (χ2v) is 8.69. The number of carbonyl (C=O) groups excluding carboxylic acids is 1. The third-order valence-electron chi connectivity index (χ3n) is 6.72. The van der Waals surface area contributed by atoms with Crippen LogP contribution >= 0.6 is 0 Å². The van der Waals surface area contributed by atoms with Gasteiger partial charge in [-0.3, -0.25) is 0 Å². The zero-order chi connectivity index (χ0) is 21.0. The lowest BCUT2D eigenvalue weighted by molar-refractivity contribution is 0.146. The van der Waals surface area contributed by atoms with Crippen molar-refractivity contribution in [3.05, 3.63) is 54.6 Å². The summed E-state index contributed by atoms with van der Waals surface area (Å²) in [6.07, 6.45) is 6.69. The number of hydrogen-bond acceptors (Lipinski definition) is 4. The second kappa shape index (κ2) is 9.00. The van der Waals surface area contributed by atoms with Gasteiger partial charge in [0.2, 0.25) is 0 Å². The lowest BCUT2D eigenvalue weighted by atomic mass is 9.86. The number of likely N-dealkylation sites (tertiary alicyclic amines) is 1. The highest BCUT2D eigenvalue weighted by atomic mass is 16.4. The average Bonchev–Trinajstić information content (AvgIpc) is 3.09. The molecule has 0 radical (unpaired) electrons. The average molecular weight is 419 g/mol. The summed E-state index contributed by atoms with van der Waals surface area (Å²) >= 11 is 0. The lowest BCUT2D eigenvalue weighted by Gasteiger charge is -2.40. The van der Waals surface area contributed by atoms with E-state index in [-0.39, 0.29) is 6.03 Å². The Kier molecular flexibility index (Phi) is 5.78. The van der Waals surface area contributed by atoms with Crippen molar-refractivity contribution < 1.29 is 9.21 Å². The number of benzene rings is 2. The van der Waals surface area contributed by atoms with E-state index >= 15 is 0 Å². The highest BCUT2D eigenvalue weighted by Crippen LogP contribution is 2.32. The Morgan fingerprint density at radius 1 is 0.903 bits per heavy atom. The van der Waals surface area contributed by atoms with E-state index in [0.717, 1.165) is 68.1 Å². The summed E-state index contributed by atoms with van der Waals surface area (Å²) in [5.41, 5.74) is 2.61. The van der Waals surface area contributed by atoms with Gasteiger partial charge < -0.3 is 19.5 Å². The Morgan fingerprint density at radius 2 is 1.68 bits per heavy atom. The van der Waals surface area contributed by atoms with E-state index < -0.39 is 0 Å². The van der Waals surface area contributed by atoms with Gasteiger partial charge in [-0.1, -0.05) is 43.2 Å². The van der Waals surface area contributed by atoms with E-state index in [9.17, 15) is 4.79 Å². The molecule has 31 heavy (non-hydrogen) atoms. The Bertz CT molecular complexity index is 978. The summed E-state index contributed by atoms with van der Waals surface area (Å²) in [7, 11) is 0. The normalized spacial score (nSPS) is 20.6. The van der Waals surface area contributed by atoms with Gasteiger partial charge in [0.25, 0.3) is 6.01 Å². The summed E-state index contributed by atoms with van der Waals surface area (Å²) in [6.45, 7) is 2.68. The molecule has 0 spiro atoms. The fourth-order valence-corrected chi connectivity index (χ4v) is 5.06. The van der Waals surface area contributed by atoms with E-state index in [0.29, 0.717) is 12.0 Å². The minimum absolute atomic E-state index is 0.0412. The molecule has 162 valence electrons. The van der Waals surface area contributed by atoms with E-state index in [1.165, 1.54) is 12.8 Å². The predicted molar refractivity (Wildman–Crippen MR) is 123 cm³/mol. The number of oxazole rings is 1. The zero-order valence-corrected chi connectivity index (χ0v) is 17.9. The number of para-hydroxylation sites is 3. The molecule has 1 atom stereocenters. The molecular formula is C25H30N4O2. The van der Waals surface area contributed by atoms with Gasteiger partial charge in [-0.05, 0) is 55.9 Å². The fraction of sp³-hybridized carbons (Fsp3) is 0.440. The van der Waals surface area contributed by atoms with Crippen molar-refractivity contribution in [1.29, 1.82) is 0 Å². The summed E-state index contributed by atoms with van der Waals surface area (Å²) in [6, 6.07) is 18.8. The number of nitrogens with one attached hydrogen (secondary N) is 1. The van der Waals surface area contributed by atoms with Gasteiger partial charge in [-0.2, -0.15) is 4.98 Å². The van der Waals surface area contributed by atoms with Gasteiger partial charge >= 0.3 is 6.03 Å². The van der Waals surface area contributed by atoms with Crippen molar-refractivity contribution in [2.24, 2.45) is 5.92 Å². The van der Waals surface area contributed by atoms with Crippen molar-refractivity contribution in [1.82, 2.24) is 9.88 Å². The number of amides is 2. The number of aromatic nitrogens is 1. The van der Waals surface area contributed by atoms with Crippen molar-refractivity contribution in [2.75, 3.05) is 29.9 Å². The second-order valence-electron chi connectivity index (χ2n) is 8.69. The van der Waals surface area contributed by atoms with E-state index in [2.05, 4.69) is 20.1 Å². The van der Waals surface area contributed by atoms with Crippen LogP contribution in [0.25, 0.3) is 11.1 Å². The van der Waals surface area contributed by atoms with Crippen molar-refractivity contribution >= 4 is 28.8 Å². The van der Waals surface area contributed by atoms with Gasteiger partial charge in [0.15, 0.2) is 5.58 Å². The number of anilines is 2. The first kappa shape index (κ1) is 19.9. The number of fused-ring (bicyclic) bond motifs is 1. The molecule has 0 aliphatic carbocycles. The topological polar surface area (TPSA) is 61.6 Å². The number of urea groups is 1. The summed E-state index contributed by atoms with van der Waals surface area (Å²) in [4.78, 5) is 22.2. The van der Waals surface area contributed by atoms with Crippen LogP contribution in [0.1, 0.15) is 38.5 Å². The molecule has 1 N–H and O–H groups in total. The molecule has 0 saturated carbocycles. The third-order valence-corrected chi connectivity index (χ3v) is 6.72. The van der Waals surface area contributed by atoms with E-state index in [4.69, 9.17) is 4.42 Å². The standard InChI is InChI=1S/C25H30N4O2/c30-24(26-20-9-3-1-4-10-20)29-16-8-2-5-12-22(29)19-14-17-28(18-15-19)25-27-21-11-6-7-13-23(21)31-25/h1,3-4,6-7,9-11,13,19,22H,2,5,8,12,14-18H2,(H,26,30)/t22-/m1/s1. The number of piperidine rings is 1. The van der Waals surface area contributed by atoms with Gasteiger partial charge in [0, 0.05) is 31.4 Å². The maximum atomic E-state index is 13.1. The van der Waals surface area contributed by atoms with Gasteiger partial charge in [0.1, 0.15) is 5.52 Å². The summed E-state index contributed by atoms with van der Waals surface area (Å²) in [5.74, 6) is 0.514. The van der Waals surface area contributed by atoms with Crippen LogP contribution in [0.15, 0.2) is 59.0 Å². The molecule has 1 aromatic heterocycles. The monoisotopic (exact) mass is 418 g/mol. The third kappa shape index (κ3) is 4.38. The van der Waals surface area contributed by atoms with Crippen LogP contribution in [0.3, 0.4) is 0 Å². The lowest BCUT2D eigenvalue weighted by Crippen LogP contribution is -2.49. The summed E-state index contributed by atoms with van der Waals surface area (Å²) < 4.78 is 5.97. The number of rotatable bonds is 3. The van der Waals surface area contributed by atoms with Gasteiger partial charge in [-0.25, -0.2) is 4.79 Å². The SMILES string of the molecule is O=C(Nc1ccccc1)N1CCCCC[C@@H]1C1CCN(c2nc3ccccc3o2)CC1. The molecule has 2 amide bonds. The van der Waals surface area contributed by atoms with Crippen LogP contribution in [0.5, 0.6) is 0 Å². The zero-order valence-electron chi connectivity index (χ0n) is 17.9. The maximum absolute atomic E-state index is 13.1. The molecule has 6 heteroatoms. The summed E-state index contributed by atoms with van der Waals surface area (Å²) in [5, 5.41) is 3.11. The molecule has 3 aromatic rings. The highest BCUT2D eigenvalue weighted by molar-refractivity contribution is 5.89. The van der Waals surface area contributed by atoms with Gasteiger partial charge in [-0.15, -0.1) is 0 Å². The molecule has 2 aliphatic rings. The highest BCUT2D eigenvalue weighted by Gasteiger charge is 2.34. The minimum Gasteiger partial charge on any atom is -0.423 e. The van der Waals surface area contributed by atoms with Crippen LogP contribution in [-0.4, -0.2) is 41.6 Å². The van der Waals surface area contributed by atoms with Crippen molar-refractivity contribution in [3.8, 4) is 0 Å². The molecule has 2 fully saturated rings. The molecule has 2 saturated heterocycles. The number of nitrogens with zero attached hydrogens (tertiary/aromatic N) is 3. The van der Waals surface area contributed by atoms with Crippen LogP contribution in [0.2, 0.25) is 0 Å². The number of carbonyl (C=O) groups is 1. The molecule has 2 aliphatic heterocycles. The van der Waals surface area contributed by atoms with Crippen molar-refractivity contribution in [2.45, 2.75) is 44.6 Å². The Balaban J connectivity index is 1.26. The Morgan fingerprint density at radius 3 is 2.48 bits per heavy atom. The largest absolute Gasteiger partial charge is 0.423 e. The quantitative estimate of drug-likeness (QED) is 0.608. The van der Waals surface area contributed by atoms with E-state index in [1.807, 2.05) is 54.6 Å². The first-order valence-corrected chi connectivity index (χ1v) is 11.5. The first-order chi connectivity index (χ1) is 15.3. The molecular weight excluding hydrogens is 388 g/mol. The predicted octanol–water partition coefficient (Wildman–Crippen LogP) is 5.52. The van der Waals surface area contributed by atoms with Crippen LogP contribution in [0.4, 0.5) is 16.5 Å². The molecule has 0 bridgehead atoms.